The minimum absolute atomic E-state index is 0.0520. The summed E-state index contributed by atoms with van der Waals surface area (Å²) >= 11 is 19.7. The van der Waals surface area contributed by atoms with Gasteiger partial charge in [0, 0.05) is 5.56 Å². The summed E-state index contributed by atoms with van der Waals surface area (Å²) < 4.78 is 1.47. The molecule has 1 saturated carbocycles. The highest BCUT2D eigenvalue weighted by atomic mass is 35.5. The molecular formula is C10H11Cl3S. The maximum absolute atomic E-state index is 6.36. The fourth-order valence-electron chi connectivity index (χ4n) is 1.87. The Balaban J connectivity index is 2.12. The molecule has 0 aromatic carbocycles. The molecule has 3 atom stereocenters. The number of hydrogen-bond acceptors (Lipinski definition) is 1. The summed E-state index contributed by atoms with van der Waals surface area (Å²) in [7, 11) is 0. The van der Waals surface area contributed by atoms with Gasteiger partial charge in [-0.05, 0) is 24.3 Å². The Labute approximate surface area is 103 Å². The molecule has 4 heteroatoms. The fraction of sp³-hybridized carbons (Fsp3) is 0.600. The largest absolute Gasteiger partial charge is 0.117 e. The van der Waals surface area contributed by atoms with Crippen molar-refractivity contribution in [3.05, 3.63) is 20.3 Å². The average Bonchev–Trinajstić information content (AvgIpc) is 2.85. The molecule has 0 bridgehead atoms. The topological polar surface area (TPSA) is 0 Å². The second-order valence-electron chi connectivity index (χ2n) is 3.75. The summed E-state index contributed by atoms with van der Waals surface area (Å²) in [5.74, 6) is 1.39. The molecule has 1 heterocycles. The van der Waals surface area contributed by atoms with E-state index in [1.807, 2.05) is 6.07 Å². The third-order valence-electron chi connectivity index (χ3n) is 2.86. The van der Waals surface area contributed by atoms with Crippen LogP contribution in [0.4, 0.5) is 0 Å². The van der Waals surface area contributed by atoms with Crippen molar-refractivity contribution in [2.75, 3.05) is 0 Å². The molecule has 1 unspecified atom stereocenters. The standard InChI is InChI=1S/C10H11Cl3S/c1-2-5-3-6(5)9(12)7-4-8(11)14-10(7)13/h4-6,9H,2-3H2,1H3/t5-,6-,9?/m1/s1. The second-order valence-corrected chi connectivity index (χ2v) is 6.50. The summed E-state index contributed by atoms with van der Waals surface area (Å²) in [4.78, 5) is 0. The molecule has 2 rings (SSSR count). The van der Waals surface area contributed by atoms with E-state index in [0.29, 0.717) is 5.92 Å². The zero-order valence-corrected chi connectivity index (χ0v) is 10.9. The Kier molecular flexibility index (Phi) is 3.33. The average molecular weight is 270 g/mol. The molecule has 1 fully saturated rings. The van der Waals surface area contributed by atoms with Gasteiger partial charge in [0.1, 0.15) is 0 Å². The van der Waals surface area contributed by atoms with E-state index in [9.17, 15) is 0 Å². The molecule has 1 aliphatic rings. The third-order valence-corrected chi connectivity index (χ3v) is 4.93. The summed E-state index contributed by atoms with van der Waals surface area (Å²) in [6.07, 6.45) is 2.44. The Bertz CT molecular complexity index is 334. The Morgan fingerprint density at radius 1 is 1.57 bits per heavy atom. The molecule has 14 heavy (non-hydrogen) atoms. The van der Waals surface area contributed by atoms with Gasteiger partial charge in [0.15, 0.2) is 0 Å². The van der Waals surface area contributed by atoms with E-state index in [1.165, 1.54) is 24.2 Å². The smallest absolute Gasteiger partial charge is 0.0991 e. The SMILES string of the molecule is CC[C@@H]1C[C@H]1C(Cl)c1cc(Cl)sc1Cl. The minimum atomic E-state index is 0.0520. The van der Waals surface area contributed by atoms with Crippen molar-refractivity contribution in [2.45, 2.75) is 25.1 Å². The summed E-state index contributed by atoms with van der Waals surface area (Å²) in [5.41, 5.74) is 1.02. The normalized spacial score (nSPS) is 27.7. The lowest BCUT2D eigenvalue weighted by Gasteiger charge is -2.06. The fourth-order valence-corrected chi connectivity index (χ4v) is 4.02. The highest BCUT2D eigenvalue weighted by Crippen LogP contribution is 2.54. The molecule has 1 aliphatic carbocycles. The number of rotatable bonds is 3. The van der Waals surface area contributed by atoms with E-state index in [4.69, 9.17) is 34.8 Å². The van der Waals surface area contributed by atoms with Gasteiger partial charge in [-0.3, -0.25) is 0 Å². The number of hydrogen-bond donors (Lipinski definition) is 0. The molecule has 0 N–H and O–H groups in total. The van der Waals surface area contributed by atoms with Gasteiger partial charge in [-0.25, -0.2) is 0 Å². The van der Waals surface area contributed by atoms with E-state index < -0.39 is 0 Å². The lowest BCUT2D eigenvalue weighted by atomic mass is 10.1. The first-order valence-electron chi connectivity index (χ1n) is 4.72. The van der Waals surface area contributed by atoms with Crippen LogP contribution in [-0.4, -0.2) is 0 Å². The Morgan fingerprint density at radius 2 is 2.29 bits per heavy atom. The highest BCUT2D eigenvalue weighted by Gasteiger charge is 2.42. The van der Waals surface area contributed by atoms with Gasteiger partial charge >= 0.3 is 0 Å². The van der Waals surface area contributed by atoms with Gasteiger partial charge < -0.3 is 0 Å². The predicted octanol–water partition coefficient (Wildman–Crippen LogP) is 5.38. The molecule has 0 amide bonds. The summed E-state index contributed by atoms with van der Waals surface area (Å²) in [6, 6.07) is 1.90. The highest BCUT2D eigenvalue weighted by molar-refractivity contribution is 7.20. The van der Waals surface area contributed by atoms with Gasteiger partial charge in [-0.1, -0.05) is 36.5 Å². The van der Waals surface area contributed by atoms with Crippen LogP contribution in [0.3, 0.4) is 0 Å². The van der Waals surface area contributed by atoms with E-state index in [2.05, 4.69) is 6.92 Å². The molecule has 0 aliphatic heterocycles. The van der Waals surface area contributed by atoms with E-state index >= 15 is 0 Å². The van der Waals surface area contributed by atoms with Gasteiger partial charge in [0.05, 0.1) is 14.0 Å². The molecule has 0 spiro atoms. The molecular weight excluding hydrogens is 259 g/mol. The van der Waals surface area contributed by atoms with Crippen molar-refractivity contribution < 1.29 is 0 Å². The lowest BCUT2D eigenvalue weighted by molar-refractivity contribution is 0.663. The number of halogens is 3. The van der Waals surface area contributed by atoms with Crippen LogP contribution in [-0.2, 0) is 0 Å². The molecule has 0 saturated heterocycles. The first-order chi connectivity index (χ1) is 6.63. The van der Waals surface area contributed by atoms with E-state index in [1.54, 1.807) is 0 Å². The minimum Gasteiger partial charge on any atom is -0.117 e. The van der Waals surface area contributed by atoms with Crippen LogP contribution in [0.5, 0.6) is 0 Å². The molecule has 78 valence electrons. The van der Waals surface area contributed by atoms with Gasteiger partial charge in [-0.15, -0.1) is 22.9 Å². The zero-order chi connectivity index (χ0) is 10.3. The van der Waals surface area contributed by atoms with Crippen LogP contribution in [0.1, 0.15) is 30.7 Å². The first kappa shape index (κ1) is 11.1. The molecule has 1 aromatic rings. The van der Waals surface area contributed by atoms with Crippen molar-refractivity contribution in [1.82, 2.24) is 0 Å². The van der Waals surface area contributed by atoms with Crippen LogP contribution < -0.4 is 0 Å². The maximum Gasteiger partial charge on any atom is 0.0991 e. The maximum atomic E-state index is 6.36. The van der Waals surface area contributed by atoms with Crippen molar-refractivity contribution in [1.29, 1.82) is 0 Å². The van der Waals surface area contributed by atoms with Crippen molar-refractivity contribution in [3.63, 3.8) is 0 Å². The Morgan fingerprint density at radius 3 is 2.71 bits per heavy atom. The molecule has 1 aromatic heterocycles. The molecule has 0 radical (unpaired) electrons. The van der Waals surface area contributed by atoms with Crippen LogP contribution in [0.15, 0.2) is 6.07 Å². The van der Waals surface area contributed by atoms with E-state index in [-0.39, 0.29) is 5.38 Å². The van der Waals surface area contributed by atoms with Gasteiger partial charge in [-0.2, -0.15) is 0 Å². The predicted molar refractivity (Wildman–Crippen MR) is 64.8 cm³/mol. The lowest BCUT2D eigenvalue weighted by Crippen LogP contribution is -1.93. The number of alkyl halides is 1. The summed E-state index contributed by atoms with van der Waals surface area (Å²) in [6.45, 7) is 2.20. The van der Waals surface area contributed by atoms with Crippen LogP contribution in [0.25, 0.3) is 0 Å². The summed E-state index contributed by atoms with van der Waals surface area (Å²) in [5, 5.41) is 0.0520. The van der Waals surface area contributed by atoms with Crippen LogP contribution >= 0.6 is 46.1 Å². The van der Waals surface area contributed by atoms with Crippen molar-refractivity contribution in [3.8, 4) is 0 Å². The first-order valence-corrected chi connectivity index (χ1v) is 6.73. The molecule has 0 nitrogen and oxygen atoms in total. The van der Waals surface area contributed by atoms with Crippen molar-refractivity contribution >= 4 is 46.1 Å². The third kappa shape index (κ3) is 2.06. The van der Waals surface area contributed by atoms with E-state index in [0.717, 1.165) is 20.2 Å². The Hall–Kier alpha value is 0.570. The van der Waals surface area contributed by atoms with Crippen LogP contribution in [0.2, 0.25) is 8.67 Å². The zero-order valence-electron chi connectivity index (χ0n) is 7.77. The van der Waals surface area contributed by atoms with Crippen molar-refractivity contribution in [2.24, 2.45) is 11.8 Å². The monoisotopic (exact) mass is 268 g/mol. The van der Waals surface area contributed by atoms with Gasteiger partial charge in [0.25, 0.3) is 0 Å². The second kappa shape index (κ2) is 4.21. The quantitative estimate of drug-likeness (QED) is 0.646. The van der Waals surface area contributed by atoms with Gasteiger partial charge in [0.2, 0.25) is 0 Å². The number of thiophene rings is 1. The van der Waals surface area contributed by atoms with Crippen LogP contribution in [0, 0.1) is 11.8 Å².